The third kappa shape index (κ3) is 4.86. The number of alkyl halides is 3. The number of carboxylic acid groups (broad SMARTS) is 1. The standard InChI is InChI=1S/C18H16F3NO5S2/c19-18(20,21)13-3-1-12(2-4-13)11-14(17(23)24)15-5-6-16(28-15)29(25,26)22-7-9-27-10-8-22/h1-6,11H,7-10H2,(H,23,24)/b14-11-. The summed E-state index contributed by atoms with van der Waals surface area (Å²) in [6.07, 6.45) is -3.28. The van der Waals surface area contributed by atoms with Crippen molar-refractivity contribution in [2.24, 2.45) is 0 Å². The highest BCUT2D eigenvalue weighted by Gasteiger charge is 2.30. The van der Waals surface area contributed by atoms with Crippen LogP contribution in [0.2, 0.25) is 0 Å². The molecule has 6 nitrogen and oxygen atoms in total. The number of hydrogen-bond acceptors (Lipinski definition) is 5. The Labute approximate surface area is 168 Å². The first-order chi connectivity index (χ1) is 13.6. The number of ether oxygens (including phenoxy) is 1. The van der Waals surface area contributed by atoms with Crippen LogP contribution in [0.1, 0.15) is 16.0 Å². The van der Waals surface area contributed by atoms with E-state index in [1.807, 2.05) is 0 Å². The van der Waals surface area contributed by atoms with Crippen LogP contribution in [0.4, 0.5) is 13.2 Å². The topological polar surface area (TPSA) is 83.9 Å². The predicted molar refractivity (Wildman–Crippen MR) is 101 cm³/mol. The minimum Gasteiger partial charge on any atom is -0.478 e. The average Bonchev–Trinajstić information content (AvgIpc) is 3.17. The van der Waals surface area contributed by atoms with E-state index in [4.69, 9.17) is 4.74 Å². The zero-order chi connectivity index (χ0) is 21.2. The first-order valence-electron chi connectivity index (χ1n) is 8.39. The lowest BCUT2D eigenvalue weighted by molar-refractivity contribution is -0.137. The van der Waals surface area contributed by atoms with Crippen LogP contribution in [0.15, 0.2) is 40.6 Å². The van der Waals surface area contributed by atoms with Gasteiger partial charge in [-0.2, -0.15) is 17.5 Å². The van der Waals surface area contributed by atoms with Gasteiger partial charge in [-0.05, 0) is 35.9 Å². The van der Waals surface area contributed by atoms with Crippen LogP contribution >= 0.6 is 11.3 Å². The monoisotopic (exact) mass is 447 g/mol. The Morgan fingerprint density at radius 2 is 1.72 bits per heavy atom. The third-order valence-corrected chi connectivity index (χ3v) is 7.68. The number of carboxylic acids is 1. The molecule has 1 aliphatic rings. The normalized spacial score (nSPS) is 16.7. The summed E-state index contributed by atoms with van der Waals surface area (Å²) in [6, 6.07) is 6.73. The molecule has 11 heteroatoms. The SMILES string of the molecule is O=C(O)/C(=C\c1ccc(C(F)(F)F)cc1)c1ccc(S(=O)(=O)N2CCOCC2)s1. The molecule has 0 saturated carbocycles. The fourth-order valence-electron chi connectivity index (χ4n) is 2.69. The number of sulfonamides is 1. The maximum Gasteiger partial charge on any atom is 0.416 e. The summed E-state index contributed by atoms with van der Waals surface area (Å²) in [6.45, 7) is 0.989. The van der Waals surface area contributed by atoms with Gasteiger partial charge in [0.25, 0.3) is 10.0 Å². The number of aliphatic carboxylic acids is 1. The summed E-state index contributed by atoms with van der Waals surface area (Å²) >= 11 is 0.797. The molecule has 0 radical (unpaired) electrons. The first-order valence-corrected chi connectivity index (χ1v) is 10.6. The molecule has 3 rings (SSSR count). The smallest absolute Gasteiger partial charge is 0.416 e. The molecule has 156 valence electrons. The van der Waals surface area contributed by atoms with E-state index in [1.165, 1.54) is 22.5 Å². The summed E-state index contributed by atoms with van der Waals surface area (Å²) in [4.78, 5) is 11.9. The second kappa shape index (κ2) is 8.27. The Balaban J connectivity index is 1.91. The summed E-state index contributed by atoms with van der Waals surface area (Å²) in [7, 11) is -3.77. The van der Waals surface area contributed by atoms with E-state index in [2.05, 4.69) is 0 Å². The minimum absolute atomic E-state index is 0.00558. The van der Waals surface area contributed by atoms with E-state index in [0.717, 1.165) is 35.6 Å². The summed E-state index contributed by atoms with van der Waals surface area (Å²) in [5.74, 6) is -1.32. The van der Waals surface area contributed by atoms with Crippen LogP contribution in [0.25, 0.3) is 11.6 Å². The van der Waals surface area contributed by atoms with E-state index < -0.39 is 27.7 Å². The fourth-order valence-corrected chi connectivity index (χ4v) is 5.57. The van der Waals surface area contributed by atoms with E-state index in [0.29, 0.717) is 0 Å². The van der Waals surface area contributed by atoms with Crippen molar-refractivity contribution in [3.8, 4) is 0 Å². The molecule has 1 aromatic heterocycles. The Hall–Kier alpha value is -2.21. The molecule has 1 aromatic carbocycles. The molecular formula is C18H16F3NO5S2. The molecule has 1 fully saturated rings. The molecule has 2 heterocycles. The van der Waals surface area contributed by atoms with Gasteiger partial charge in [0.05, 0.1) is 24.4 Å². The number of carbonyl (C=O) groups is 1. The molecule has 1 N–H and O–H groups in total. The Bertz CT molecular complexity index is 1020. The molecule has 29 heavy (non-hydrogen) atoms. The number of rotatable bonds is 5. The average molecular weight is 447 g/mol. The molecule has 0 spiro atoms. The maximum absolute atomic E-state index is 12.7. The summed E-state index contributed by atoms with van der Waals surface area (Å²) in [5.41, 5.74) is -0.805. The lowest BCUT2D eigenvalue weighted by atomic mass is 10.1. The Kier molecular flexibility index (Phi) is 6.13. The van der Waals surface area contributed by atoms with Gasteiger partial charge in [-0.1, -0.05) is 12.1 Å². The predicted octanol–water partition coefficient (Wildman–Crippen LogP) is 3.41. The summed E-state index contributed by atoms with van der Waals surface area (Å²) < 4.78 is 69.8. The quantitative estimate of drug-likeness (QED) is 0.711. The number of hydrogen-bond donors (Lipinski definition) is 1. The second-order valence-electron chi connectivity index (χ2n) is 6.12. The van der Waals surface area contributed by atoms with Gasteiger partial charge in [0, 0.05) is 18.0 Å². The number of morpholine rings is 1. The fraction of sp³-hybridized carbons (Fsp3) is 0.278. The Morgan fingerprint density at radius 1 is 1.10 bits per heavy atom. The van der Waals surface area contributed by atoms with Crippen molar-refractivity contribution in [3.05, 3.63) is 52.4 Å². The van der Waals surface area contributed by atoms with E-state index >= 15 is 0 Å². The summed E-state index contributed by atoms with van der Waals surface area (Å²) in [5, 5.41) is 9.51. The molecule has 0 bridgehead atoms. The van der Waals surface area contributed by atoms with Gasteiger partial charge < -0.3 is 9.84 Å². The van der Waals surface area contributed by atoms with Gasteiger partial charge in [-0.3, -0.25) is 0 Å². The van der Waals surface area contributed by atoms with Gasteiger partial charge in [-0.25, -0.2) is 13.2 Å². The highest BCUT2D eigenvalue weighted by molar-refractivity contribution is 7.91. The zero-order valence-electron chi connectivity index (χ0n) is 14.8. The highest BCUT2D eigenvalue weighted by Crippen LogP contribution is 2.32. The molecule has 1 aliphatic heterocycles. The van der Waals surface area contributed by atoms with Gasteiger partial charge >= 0.3 is 12.1 Å². The van der Waals surface area contributed by atoms with Crippen LogP contribution in [-0.4, -0.2) is 50.1 Å². The zero-order valence-corrected chi connectivity index (χ0v) is 16.5. The van der Waals surface area contributed by atoms with Crippen LogP contribution in [0.3, 0.4) is 0 Å². The molecule has 0 amide bonds. The van der Waals surface area contributed by atoms with Gasteiger partial charge in [-0.15, -0.1) is 11.3 Å². The second-order valence-corrected chi connectivity index (χ2v) is 9.37. The van der Waals surface area contributed by atoms with Gasteiger partial charge in [0.2, 0.25) is 0 Å². The third-order valence-electron chi connectivity index (χ3n) is 4.19. The molecule has 0 unspecified atom stereocenters. The van der Waals surface area contributed by atoms with Crippen molar-refractivity contribution in [2.75, 3.05) is 26.3 Å². The number of benzene rings is 1. The van der Waals surface area contributed by atoms with Crippen molar-refractivity contribution in [3.63, 3.8) is 0 Å². The van der Waals surface area contributed by atoms with Crippen molar-refractivity contribution in [1.82, 2.24) is 4.31 Å². The van der Waals surface area contributed by atoms with Crippen molar-refractivity contribution in [1.29, 1.82) is 0 Å². The van der Waals surface area contributed by atoms with Gasteiger partial charge in [0.15, 0.2) is 0 Å². The molecule has 0 atom stereocenters. The first kappa shape index (κ1) is 21.5. The van der Waals surface area contributed by atoms with Crippen LogP contribution < -0.4 is 0 Å². The van der Waals surface area contributed by atoms with Crippen molar-refractivity contribution >= 4 is 39.0 Å². The van der Waals surface area contributed by atoms with Gasteiger partial charge in [0.1, 0.15) is 4.21 Å². The van der Waals surface area contributed by atoms with Crippen molar-refractivity contribution in [2.45, 2.75) is 10.4 Å². The van der Waals surface area contributed by atoms with Crippen molar-refractivity contribution < 1.29 is 36.2 Å². The molecule has 2 aromatic rings. The highest BCUT2D eigenvalue weighted by atomic mass is 32.2. The molecule has 0 aliphatic carbocycles. The Morgan fingerprint density at radius 3 is 2.28 bits per heavy atom. The van der Waals surface area contributed by atoms with Crippen LogP contribution in [0.5, 0.6) is 0 Å². The molecule has 1 saturated heterocycles. The lowest BCUT2D eigenvalue weighted by Crippen LogP contribution is -2.40. The van der Waals surface area contributed by atoms with E-state index in [-0.39, 0.29) is 46.5 Å². The minimum atomic E-state index is -4.49. The van der Waals surface area contributed by atoms with Crippen LogP contribution in [-0.2, 0) is 25.7 Å². The largest absolute Gasteiger partial charge is 0.478 e. The number of thiophene rings is 1. The van der Waals surface area contributed by atoms with E-state index in [9.17, 15) is 31.5 Å². The van der Waals surface area contributed by atoms with E-state index in [1.54, 1.807) is 0 Å². The van der Waals surface area contributed by atoms with Crippen LogP contribution in [0, 0.1) is 0 Å². The number of halogens is 3. The lowest BCUT2D eigenvalue weighted by Gasteiger charge is -2.25. The molecular weight excluding hydrogens is 431 g/mol. The maximum atomic E-state index is 12.7. The number of nitrogens with zero attached hydrogens (tertiary/aromatic N) is 1.